The standard InChI is InChI=1S/C35H36N4O4/c40-33(36-30-11-3-1-4-12-30)27-15-17-31(18-16-27)39(35(42)37-21-7-2-8-22-37)38-23-19-32(20-24-38)43-34(41)29-14-13-26-9-5-6-10-28(26)25-29/h1,3-6,9-18,25,32H,2,7-8,19-24H2,(H,36,40). The molecule has 0 unspecified atom stereocenters. The molecule has 3 amide bonds. The van der Waals surface area contributed by atoms with Gasteiger partial charge in [-0.05, 0) is 91.4 Å². The van der Waals surface area contributed by atoms with E-state index in [0.29, 0.717) is 42.7 Å². The zero-order valence-electron chi connectivity index (χ0n) is 24.2. The lowest BCUT2D eigenvalue weighted by molar-refractivity contribution is 0.0103. The second-order valence-electron chi connectivity index (χ2n) is 11.1. The first-order valence-corrected chi connectivity index (χ1v) is 15.1. The summed E-state index contributed by atoms with van der Waals surface area (Å²) in [6.07, 6.45) is 4.10. The molecule has 2 aliphatic heterocycles. The monoisotopic (exact) mass is 576 g/mol. The number of esters is 1. The number of hydrogen-bond donors (Lipinski definition) is 1. The quantitative estimate of drug-likeness (QED) is 0.257. The molecule has 0 spiro atoms. The smallest absolute Gasteiger partial charge is 0.339 e. The van der Waals surface area contributed by atoms with Crippen molar-refractivity contribution in [2.24, 2.45) is 0 Å². The molecule has 0 aromatic heterocycles. The number of hydrogen-bond acceptors (Lipinski definition) is 5. The van der Waals surface area contributed by atoms with E-state index in [1.54, 1.807) is 17.1 Å². The van der Waals surface area contributed by atoms with Crippen molar-refractivity contribution in [1.29, 1.82) is 0 Å². The van der Waals surface area contributed by atoms with Crippen molar-refractivity contribution in [2.75, 3.05) is 36.5 Å². The second kappa shape index (κ2) is 13.1. The van der Waals surface area contributed by atoms with E-state index in [-0.39, 0.29) is 24.0 Å². The minimum Gasteiger partial charge on any atom is -0.459 e. The van der Waals surface area contributed by atoms with Gasteiger partial charge in [0.25, 0.3) is 5.91 Å². The van der Waals surface area contributed by atoms with Gasteiger partial charge in [-0.25, -0.2) is 19.6 Å². The molecule has 2 saturated heterocycles. The number of carbonyl (C=O) groups is 3. The average molecular weight is 577 g/mol. The lowest BCUT2D eigenvalue weighted by Crippen LogP contribution is -2.56. The summed E-state index contributed by atoms with van der Waals surface area (Å²) >= 11 is 0. The maximum atomic E-state index is 13.9. The Labute approximate surface area is 251 Å². The molecule has 43 heavy (non-hydrogen) atoms. The van der Waals surface area contributed by atoms with Crippen LogP contribution in [-0.2, 0) is 4.74 Å². The van der Waals surface area contributed by atoms with Gasteiger partial charge in [-0.2, -0.15) is 0 Å². The number of amides is 3. The van der Waals surface area contributed by atoms with Gasteiger partial charge < -0.3 is 15.0 Å². The summed E-state index contributed by atoms with van der Waals surface area (Å²) < 4.78 is 5.90. The van der Waals surface area contributed by atoms with Crippen LogP contribution in [-0.4, -0.2) is 60.1 Å². The highest BCUT2D eigenvalue weighted by Gasteiger charge is 2.33. The molecule has 220 valence electrons. The number of hydrazine groups is 1. The van der Waals surface area contributed by atoms with Gasteiger partial charge in [-0.1, -0.05) is 48.5 Å². The molecule has 8 heteroatoms. The fraction of sp³-hybridized carbons (Fsp3) is 0.286. The van der Waals surface area contributed by atoms with Crippen LogP contribution in [0.15, 0.2) is 97.1 Å². The van der Waals surface area contributed by atoms with E-state index in [2.05, 4.69) is 5.32 Å². The number of fused-ring (bicyclic) bond motifs is 1. The molecule has 2 aliphatic rings. The summed E-state index contributed by atoms with van der Waals surface area (Å²) in [6.45, 7) is 2.58. The van der Waals surface area contributed by atoms with Crippen LogP contribution in [0.2, 0.25) is 0 Å². The first-order valence-electron chi connectivity index (χ1n) is 15.1. The zero-order chi connectivity index (χ0) is 29.6. The Morgan fingerprint density at radius 3 is 2.07 bits per heavy atom. The number of rotatable bonds is 6. The lowest BCUT2D eigenvalue weighted by Gasteiger charge is -2.42. The van der Waals surface area contributed by atoms with Crippen LogP contribution in [0.1, 0.15) is 52.8 Å². The van der Waals surface area contributed by atoms with Crippen molar-refractivity contribution in [3.63, 3.8) is 0 Å². The molecule has 0 radical (unpaired) electrons. The van der Waals surface area contributed by atoms with Gasteiger partial charge in [-0.15, -0.1) is 0 Å². The highest BCUT2D eigenvalue weighted by Crippen LogP contribution is 2.26. The van der Waals surface area contributed by atoms with Gasteiger partial charge in [0.2, 0.25) is 0 Å². The number of ether oxygens (including phenoxy) is 1. The van der Waals surface area contributed by atoms with E-state index in [1.165, 1.54) is 0 Å². The van der Waals surface area contributed by atoms with Crippen molar-refractivity contribution in [3.8, 4) is 0 Å². The third-order valence-corrected chi connectivity index (χ3v) is 8.17. The van der Waals surface area contributed by atoms with Gasteiger partial charge in [0.05, 0.1) is 11.3 Å². The topological polar surface area (TPSA) is 82.2 Å². The molecule has 0 atom stereocenters. The number of para-hydroxylation sites is 1. The van der Waals surface area contributed by atoms with Crippen molar-refractivity contribution >= 4 is 40.1 Å². The Balaban J connectivity index is 1.14. The van der Waals surface area contributed by atoms with Crippen LogP contribution in [0.5, 0.6) is 0 Å². The van der Waals surface area contributed by atoms with Gasteiger partial charge in [0, 0.05) is 37.4 Å². The van der Waals surface area contributed by atoms with Crippen molar-refractivity contribution in [2.45, 2.75) is 38.2 Å². The van der Waals surface area contributed by atoms with Crippen LogP contribution in [0, 0.1) is 0 Å². The molecule has 1 N–H and O–H groups in total. The van der Waals surface area contributed by atoms with Gasteiger partial charge in [0.1, 0.15) is 6.10 Å². The number of nitrogens with zero attached hydrogens (tertiary/aromatic N) is 3. The SMILES string of the molecule is O=C(Nc1ccccc1)c1ccc(N(C(=O)N2CCCCC2)N2CCC(OC(=O)c3ccc4ccccc4c3)CC2)cc1. The number of anilines is 2. The summed E-state index contributed by atoms with van der Waals surface area (Å²) in [7, 11) is 0. The molecule has 2 heterocycles. The predicted molar refractivity (Wildman–Crippen MR) is 168 cm³/mol. The second-order valence-corrected chi connectivity index (χ2v) is 11.1. The Kier molecular flexibility index (Phi) is 8.65. The minimum absolute atomic E-state index is 0.0622. The Morgan fingerprint density at radius 1 is 0.698 bits per heavy atom. The molecule has 4 aromatic carbocycles. The van der Waals surface area contributed by atoms with E-state index in [9.17, 15) is 14.4 Å². The van der Waals surface area contributed by atoms with Gasteiger partial charge in [0.15, 0.2) is 0 Å². The fourth-order valence-electron chi connectivity index (χ4n) is 5.79. The maximum absolute atomic E-state index is 13.9. The van der Waals surface area contributed by atoms with Crippen LogP contribution < -0.4 is 10.3 Å². The largest absolute Gasteiger partial charge is 0.459 e. The summed E-state index contributed by atoms with van der Waals surface area (Å²) in [5, 5.41) is 8.77. The molecule has 2 fully saturated rings. The molecule has 8 nitrogen and oxygen atoms in total. The molecule has 4 aromatic rings. The molecule has 0 bridgehead atoms. The first-order chi connectivity index (χ1) is 21.0. The van der Waals surface area contributed by atoms with Crippen LogP contribution in [0.3, 0.4) is 0 Å². The Morgan fingerprint density at radius 2 is 1.35 bits per heavy atom. The normalized spacial score (nSPS) is 16.0. The van der Waals surface area contributed by atoms with Crippen LogP contribution >= 0.6 is 0 Å². The summed E-state index contributed by atoms with van der Waals surface area (Å²) in [4.78, 5) is 41.6. The maximum Gasteiger partial charge on any atom is 0.339 e. The van der Waals surface area contributed by atoms with E-state index in [1.807, 2.05) is 94.8 Å². The highest BCUT2D eigenvalue weighted by atomic mass is 16.5. The molecule has 0 aliphatic carbocycles. The minimum atomic E-state index is -0.324. The van der Waals surface area contributed by atoms with Crippen molar-refractivity contribution in [3.05, 3.63) is 108 Å². The zero-order valence-corrected chi connectivity index (χ0v) is 24.2. The molecular weight excluding hydrogens is 540 g/mol. The van der Waals surface area contributed by atoms with E-state index in [4.69, 9.17) is 4.74 Å². The molecule has 6 rings (SSSR count). The third kappa shape index (κ3) is 6.70. The van der Waals surface area contributed by atoms with Gasteiger partial charge in [-0.3, -0.25) is 4.79 Å². The average Bonchev–Trinajstić information content (AvgIpc) is 3.06. The fourth-order valence-corrected chi connectivity index (χ4v) is 5.79. The van der Waals surface area contributed by atoms with Crippen molar-refractivity contribution in [1.82, 2.24) is 9.91 Å². The summed E-state index contributed by atoms with van der Waals surface area (Å²) in [6, 6.07) is 30.0. The number of nitrogens with one attached hydrogen (secondary N) is 1. The van der Waals surface area contributed by atoms with Crippen LogP contribution in [0.4, 0.5) is 16.2 Å². The van der Waals surface area contributed by atoms with Crippen molar-refractivity contribution < 1.29 is 19.1 Å². The number of likely N-dealkylation sites (tertiary alicyclic amines) is 1. The first kappa shape index (κ1) is 28.4. The van der Waals surface area contributed by atoms with E-state index >= 15 is 0 Å². The summed E-state index contributed by atoms with van der Waals surface area (Å²) in [5.74, 6) is -0.532. The summed E-state index contributed by atoms with van der Waals surface area (Å²) in [5.41, 5.74) is 2.48. The molecule has 0 saturated carbocycles. The highest BCUT2D eigenvalue weighted by molar-refractivity contribution is 6.04. The molecular formula is C35H36N4O4. The van der Waals surface area contributed by atoms with Gasteiger partial charge >= 0.3 is 12.0 Å². The Bertz CT molecular complexity index is 1580. The number of urea groups is 1. The van der Waals surface area contributed by atoms with E-state index < -0.39 is 0 Å². The number of carbonyl (C=O) groups excluding carboxylic acids is 3. The third-order valence-electron chi connectivity index (χ3n) is 8.17. The number of piperidine rings is 2. The number of benzene rings is 4. The Hall–Kier alpha value is -4.69. The van der Waals surface area contributed by atoms with E-state index in [0.717, 1.165) is 48.8 Å². The predicted octanol–water partition coefficient (Wildman–Crippen LogP) is 6.74. The van der Waals surface area contributed by atoms with Crippen LogP contribution in [0.25, 0.3) is 10.8 Å². The lowest BCUT2D eigenvalue weighted by atomic mass is 10.1.